The Kier molecular flexibility index (Phi) is 4.27. The highest BCUT2D eigenvalue weighted by molar-refractivity contribution is 5.99. The minimum atomic E-state index is -0.491. The maximum Gasteiger partial charge on any atom is 0.282 e. The predicted octanol–water partition coefficient (Wildman–Crippen LogP) is 1.85. The average Bonchev–Trinajstić information content (AvgIpc) is 3.32. The summed E-state index contributed by atoms with van der Waals surface area (Å²) in [7, 11) is 0. The fourth-order valence-electron chi connectivity index (χ4n) is 3.64. The van der Waals surface area contributed by atoms with Crippen molar-refractivity contribution in [3.8, 4) is 0 Å². The van der Waals surface area contributed by atoms with E-state index in [-0.39, 0.29) is 23.2 Å². The zero-order valence-electron chi connectivity index (χ0n) is 14.3. The lowest BCUT2D eigenvalue weighted by Crippen LogP contribution is -2.32. The molecule has 1 aromatic heterocycles. The van der Waals surface area contributed by atoms with E-state index in [1.807, 2.05) is 4.68 Å². The van der Waals surface area contributed by atoms with Crippen LogP contribution >= 0.6 is 0 Å². The van der Waals surface area contributed by atoms with Gasteiger partial charge in [-0.25, -0.2) is 9.67 Å². The highest BCUT2D eigenvalue weighted by Crippen LogP contribution is 2.27. The van der Waals surface area contributed by atoms with Gasteiger partial charge in [0.1, 0.15) is 17.7 Å². The number of aryl methyl sites for hydroxylation is 1. The van der Waals surface area contributed by atoms with Crippen molar-refractivity contribution in [1.82, 2.24) is 19.7 Å². The number of nitro groups is 1. The van der Waals surface area contributed by atoms with Crippen LogP contribution in [0.1, 0.15) is 35.4 Å². The van der Waals surface area contributed by atoms with E-state index in [4.69, 9.17) is 0 Å². The van der Waals surface area contributed by atoms with Gasteiger partial charge in [0.2, 0.25) is 0 Å². The Hall–Kier alpha value is -2.97. The van der Waals surface area contributed by atoms with Gasteiger partial charge in [-0.2, -0.15) is 5.10 Å². The van der Waals surface area contributed by atoms with Gasteiger partial charge in [0.05, 0.1) is 11.5 Å². The van der Waals surface area contributed by atoms with E-state index in [0.29, 0.717) is 25.3 Å². The Bertz CT molecular complexity index is 843. The van der Waals surface area contributed by atoms with Crippen LogP contribution in [0.4, 0.5) is 11.4 Å². The van der Waals surface area contributed by atoms with Gasteiger partial charge in [-0.15, -0.1) is 0 Å². The molecule has 1 unspecified atom stereocenters. The Morgan fingerprint density at radius 3 is 2.88 bits per heavy atom. The molecule has 0 radical (unpaired) electrons. The van der Waals surface area contributed by atoms with E-state index in [1.165, 1.54) is 6.07 Å². The maximum absolute atomic E-state index is 12.7. The molecule has 1 saturated heterocycles. The van der Waals surface area contributed by atoms with Crippen LogP contribution in [0.5, 0.6) is 0 Å². The van der Waals surface area contributed by atoms with Crippen molar-refractivity contribution >= 4 is 17.3 Å². The van der Waals surface area contributed by atoms with Gasteiger partial charge in [0.15, 0.2) is 0 Å². The summed E-state index contributed by atoms with van der Waals surface area (Å²) in [6, 6.07) is 4.82. The molecule has 26 heavy (non-hydrogen) atoms. The molecule has 1 amide bonds. The van der Waals surface area contributed by atoms with E-state index >= 15 is 0 Å². The van der Waals surface area contributed by atoms with Crippen molar-refractivity contribution < 1.29 is 9.72 Å². The number of fused-ring (bicyclic) bond motifs is 1. The van der Waals surface area contributed by atoms with Crippen LogP contribution in [0.3, 0.4) is 0 Å². The molecule has 1 N–H and O–H groups in total. The van der Waals surface area contributed by atoms with Crippen LogP contribution in [-0.2, 0) is 13.0 Å². The van der Waals surface area contributed by atoms with E-state index < -0.39 is 4.92 Å². The van der Waals surface area contributed by atoms with E-state index in [0.717, 1.165) is 31.5 Å². The summed E-state index contributed by atoms with van der Waals surface area (Å²) in [6.45, 7) is 2.00. The minimum Gasteiger partial charge on any atom is -0.380 e. The first-order valence-corrected chi connectivity index (χ1v) is 8.83. The van der Waals surface area contributed by atoms with E-state index in [1.54, 1.807) is 23.4 Å². The summed E-state index contributed by atoms with van der Waals surface area (Å²) in [4.78, 5) is 29.5. The Morgan fingerprint density at radius 2 is 2.12 bits per heavy atom. The number of anilines is 1. The van der Waals surface area contributed by atoms with Gasteiger partial charge < -0.3 is 10.2 Å². The van der Waals surface area contributed by atoms with Gasteiger partial charge in [-0.3, -0.25) is 14.9 Å². The number of nitrogens with one attached hydrogen (secondary N) is 1. The van der Waals surface area contributed by atoms with Crippen molar-refractivity contribution in [3.63, 3.8) is 0 Å². The SMILES string of the molecule is O=C(c1cc(NC2CCc3ncnn3C2)ccc1[N+](=O)[O-])N1CCCC1. The van der Waals surface area contributed by atoms with Crippen LogP contribution in [-0.4, -0.2) is 49.6 Å². The molecular formula is C17H20N6O3. The summed E-state index contributed by atoms with van der Waals surface area (Å²) < 4.78 is 1.86. The highest BCUT2D eigenvalue weighted by Gasteiger charge is 2.27. The average molecular weight is 356 g/mol. The van der Waals surface area contributed by atoms with E-state index in [2.05, 4.69) is 15.4 Å². The molecule has 2 aliphatic heterocycles. The molecule has 0 aliphatic carbocycles. The number of nitrogens with zero attached hydrogens (tertiary/aromatic N) is 5. The van der Waals surface area contributed by atoms with Crippen molar-refractivity contribution in [1.29, 1.82) is 0 Å². The van der Waals surface area contributed by atoms with Crippen molar-refractivity contribution in [2.24, 2.45) is 0 Å². The van der Waals surface area contributed by atoms with Crippen LogP contribution in [0, 0.1) is 10.1 Å². The summed E-state index contributed by atoms with van der Waals surface area (Å²) >= 11 is 0. The molecule has 1 atom stereocenters. The smallest absolute Gasteiger partial charge is 0.282 e. The zero-order valence-corrected chi connectivity index (χ0v) is 14.3. The summed E-state index contributed by atoms with van der Waals surface area (Å²) in [5.74, 6) is 0.705. The molecule has 2 aromatic rings. The Balaban J connectivity index is 1.56. The lowest BCUT2D eigenvalue weighted by Gasteiger charge is -2.25. The molecule has 0 saturated carbocycles. The number of rotatable bonds is 4. The van der Waals surface area contributed by atoms with Gasteiger partial charge >= 0.3 is 0 Å². The lowest BCUT2D eigenvalue weighted by molar-refractivity contribution is -0.385. The fraction of sp³-hybridized carbons (Fsp3) is 0.471. The van der Waals surface area contributed by atoms with E-state index in [9.17, 15) is 14.9 Å². The largest absolute Gasteiger partial charge is 0.380 e. The third kappa shape index (κ3) is 3.12. The fourth-order valence-corrected chi connectivity index (χ4v) is 3.64. The number of hydrogen-bond acceptors (Lipinski definition) is 6. The van der Waals surface area contributed by atoms with Crippen LogP contribution in [0.2, 0.25) is 0 Å². The second kappa shape index (κ2) is 6.74. The number of carbonyl (C=O) groups is 1. The summed E-state index contributed by atoms with van der Waals surface area (Å²) in [5, 5.41) is 18.9. The number of benzene rings is 1. The van der Waals surface area contributed by atoms with Crippen LogP contribution in [0.15, 0.2) is 24.5 Å². The molecule has 0 bridgehead atoms. The molecule has 9 heteroatoms. The standard InChI is InChI=1S/C17H20N6O3/c24-17(21-7-1-2-8-21)14-9-12(3-5-15(14)23(25)26)20-13-4-6-16-18-11-19-22(16)10-13/h3,5,9,11,13,20H,1-2,4,6-8,10H2. The summed E-state index contributed by atoms with van der Waals surface area (Å²) in [5.41, 5.74) is 0.723. The number of amides is 1. The number of nitro benzene ring substituents is 1. The molecule has 4 rings (SSSR count). The first kappa shape index (κ1) is 16.5. The minimum absolute atomic E-state index is 0.139. The predicted molar refractivity (Wildman–Crippen MR) is 94.0 cm³/mol. The third-order valence-electron chi connectivity index (χ3n) is 4.99. The molecular weight excluding hydrogens is 336 g/mol. The molecule has 1 fully saturated rings. The van der Waals surface area contributed by atoms with Gasteiger partial charge in [0.25, 0.3) is 11.6 Å². The normalized spacial score (nSPS) is 19.2. The van der Waals surface area contributed by atoms with Crippen molar-refractivity contribution in [2.45, 2.75) is 38.3 Å². The van der Waals surface area contributed by atoms with Gasteiger partial charge in [-0.05, 0) is 31.4 Å². The second-order valence-corrected chi connectivity index (χ2v) is 6.73. The third-order valence-corrected chi connectivity index (χ3v) is 4.99. The van der Waals surface area contributed by atoms with Gasteiger partial charge in [0, 0.05) is 37.3 Å². The number of aromatic nitrogens is 3. The molecule has 9 nitrogen and oxygen atoms in total. The lowest BCUT2D eigenvalue weighted by atomic mass is 10.1. The number of hydrogen-bond donors (Lipinski definition) is 1. The Morgan fingerprint density at radius 1 is 1.31 bits per heavy atom. The van der Waals surface area contributed by atoms with Crippen molar-refractivity contribution in [3.05, 3.63) is 46.0 Å². The first-order valence-electron chi connectivity index (χ1n) is 8.83. The second-order valence-electron chi connectivity index (χ2n) is 6.73. The first-order chi connectivity index (χ1) is 12.6. The van der Waals surface area contributed by atoms with Crippen molar-refractivity contribution in [2.75, 3.05) is 18.4 Å². The number of carbonyl (C=O) groups excluding carboxylic acids is 1. The molecule has 3 heterocycles. The molecule has 2 aliphatic rings. The monoisotopic (exact) mass is 356 g/mol. The summed E-state index contributed by atoms with van der Waals surface area (Å²) in [6.07, 6.45) is 5.16. The van der Waals surface area contributed by atoms with Gasteiger partial charge in [-0.1, -0.05) is 0 Å². The number of likely N-dealkylation sites (tertiary alicyclic amines) is 1. The Labute approximate surface area is 150 Å². The zero-order chi connectivity index (χ0) is 18.1. The molecule has 136 valence electrons. The highest BCUT2D eigenvalue weighted by atomic mass is 16.6. The van der Waals surface area contributed by atoms with Crippen LogP contribution in [0.25, 0.3) is 0 Å². The molecule has 1 aromatic carbocycles. The van der Waals surface area contributed by atoms with Crippen LogP contribution < -0.4 is 5.32 Å². The maximum atomic E-state index is 12.7. The quantitative estimate of drug-likeness (QED) is 0.662. The topological polar surface area (TPSA) is 106 Å². The molecule has 0 spiro atoms.